The maximum absolute atomic E-state index is 6.79. The maximum atomic E-state index is 6.79. The van der Waals surface area contributed by atoms with Gasteiger partial charge < -0.3 is 13.9 Å². The highest BCUT2D eigenvalue weighted by molar-refractivity contribution is 6.24. The van der Waals surface area contributed by atoms with Crippen molar-refractivity contribution in [3.8, 4) is 16.8 Å². The van der Waals surface area contributed by atoms with Crippen molar-refractivity contribution in [1.29, 1.82) is 0 Å². The van der Waals surface area contributed by atoms with Crippen molar-refractivity contribution in [2.24, 2.45) is 0 Å². The first kappa shape index (κ1) is 29.6. The third-order valence-electron chi connectivity index (χ3n) is 10.7. The molecule has 0 aliphatic rings. The van der Waals surface area contributed by atoms with E-state index in [4.69, 9.17) is 4.42 Å². The molecule has 2 heterocycles. The Morgan fingerprint density at radius 2 is 1.04 bits per heavy atom. The second-order valence-corrected chi connectivity index (χ2v) is 13.7. The van der Waals surface area contributed by atoms with Gasteiger partial charge in [-0.15, -0.1) is 0 Å². The summed E-state index contributed by atoms with van der Waals surface area (Å²) in [6, 6.07) is 69.6. The lowest BCUT2D eigenvalue weighted by Gasteiger charge is -2.26. The first-order valence-electron chi connectivity index (χ1n) is 18.1. The SMILES string of the molecule is c1ccc(N(c2ccc3ccccc3c2)c2ccc3oc4cc(-c5cccc6c7ccccc7n(-c7ccccc7)c56)c5ccccc5c4c3c2)cc1. The molecular weight excluding hydrogens is 645 g/mol. The summed E-state index contributed by atoms with van der Waals surface area (Å²) in [5, 5.41) is 9.50. The van der Waals surface area contributed by atoms with Gasteiger partial charge in [0.15, 0.2) is 0 Å². The first-order chi connectivity index (χ1) is 26.3. The highest BCUT2D eigenvalue weighted by atomic mass is 16.3. The highest BCUT2D eigenvalue weighted by Crippen LogP contribution is 2.46. The van der Waals surface area contributed by atoms with Crippen LogP contribution in [0.4, 0.5) is 17.1 Å². The number of para-hydroxylation sites is 4. The summed E-state index contributed by atoms with van der Waals surface area (Å²) in [5.74, 6) is 0. The molecule has 248 valence electrons. The van der Waals surface area contributed by atoms with Crippen LogP contribution in [0, 0.1) is 0 Å². The van der Waals surface area contributed by atoms with Gasteiger partial charge in [-0.05, 0) is 93.8 Å². The van der Waals surface area contributed by atoms with Crippen molar-refractivity contribution in [2.75, 3.05) is 4.90 Å². The molecule has 0 unspecified atom stereocenters. The second kappa shape index (κ2) is 11.7. The van der Waals surface area contributed by atoms with Crippen LogP contribution >= 0.6 is 0 Å². The Kier molecular flexibility index (Phi) is 6.55. The van der Waals surface area contributed by atoms with Gasteiger partial charge in [0.25, 0.3) is 0 Å². The van der Waals surface area contributed by atoms with E-state index < -0.39 is 0 Å². The number of fused-ring (bicyclic) bond motifs is 9. The van der Waals surface area contributed by atoms with Gasteiger partial charge in [-0.2, -0.15) is 0 Å². The van der Waals surface area contributed by atoms with Gasteiger partial charge >= 0.3 is 0 Å². The Hall–Kier alpha value is -7.10. The molecule has 0 aliphatic heterocycles. The Bertz CT molecular complexity index is 3170. The number of hydrogen-bond donors (Lipinski definition) is 0. The normalized spacial score (nSPS) is 11.8. The van der Waals surface area contributed by atoms with Crippen LogP contribution in [0.15, 0.2) is 199 Å². The minimum absolute atomic E-state index is 0.870. The molecule has 9 aromatic carbocycles. The topological polar surface area (TPSA) is 21.3 Å². The zero-order chi connectivity index (χ0) is 34.9. The van der Waals surface area contributed by atoms with Crippen molar-refractivity contribution >= 4 is 82.4 Å². The first-order valence-corrected chi connectivity index (χ1v) is 18.1. The molecule has 0 bridgehead atoms. The number of aromatic nitrogens is 1. The molecule has 0 aliphatic carbocycles. The number of furan rings is 1. The fourth-order valence-corrected chi connectivity index (χ4v) is 8.41. The summed E-state index contributed by atoms with van der Waals surface area (Å²) >= 11 is 0. The summed E-state index contributed by atoms with van der Waals surface area (Å²) < 4.78 is 9.20. The third-order valence-corrected chi connectivity index (χ3v) is 10.7. The van der Waals surface area contributed by atoms with Crippen molar-refractivity contribution < 1.29 is 4.42 Å². The van der Waals surface area contributed by atoms with Crippen LogP contribution < -0.4 is 4.90 Å². The number of hydrogen-bond acceptors (Lipinski definition) is 2. The minimum atomic E-state index is 0.870. The summed E-state index contributed by atoms with van der Waals surface area (Å²) in [7, 11) is 0. The average molecular weight is 677 g/mol. The van der Waals surface area contributed by atoms with E-state index in [1.54, 1.807) is 0 Å². The van der Waals surface area contributed by atoms with Gasteiger partial charge in [0.05, 0.1) is 11.0 Å². The van der Waals surface area contributed by atoms with Crippen LogP contribution in [0.5, 0.6) is 0 Å². The molecule has 3 nitrogen and oxygen atoms in total. The van der Waals surface area contributed by atoms with Crippen LogP contribution in [0.1, 0.15) is 0 Å². The molecule has 11 rings (SSSR count). The zero-order valence-corrected chi connectivity index (χ0v) is 28.8. The van der Waals surface area contributed by atoms with Gasteiger partial charge in [-0.25, -0.2) is 0 Å². The van der Waals surface area contributed by atoms with Gasteiger partial charge in [-0.3, -0.25) is 0 Å². The maximum Gasteiger partial charge on any atom is 0.136 e. The fourth-order valence-electron chi connectivity index (χ4n) is 8.41. The van der Waals surface area contributed by atoms with E-state index in [0.29, 0.717) is 0 Å². The molecule has 0 atom stereocenters. The van der Waals surface area contributed by atoms with Crippen molar-refractivity contribution in [3.05, 3.63) is 194 Å². The predicted octanol–water partition coefficient (Wildman–Crippen LogP) is 14.1. The van der Waals surface area contributed by atoms with Crippen LogP contribution in [0.2, 0.25) is 0 Å². The molecule has 0 N–H and O–H groups in total. The van der Waals surface area contributed by atoms with Crippen LogP contribution in [0.3, 0.4) is 0 Å². The molecule has 2 aromatic heterocycles. The van der Waals surface area contributed by atoms with E-state index in [9.17, 15) is 0 Å². The number of nitrogens with zero attached hydrogens (tertiary/aromatic N) is 2. The van der Waals surface area contributed by atoms with E-state index in [0.717, 1.165) is 50.3 Å². The number of benzene rings is 9. The van der Waals surface area contributed by atoms with Crippen molar-refractivity contribution in [1.82, 2.24) is 4.57 Å². The largest absolute Gasteiger partial charge is 0.456 e. The number of anilines is 3. The molecule has 0 fully saturated rings. The number of rotatable bonds is 5. The molecule has 0 amide bonds. The van der Waals surface area contributed by atoms with Gasteiger partial charge in [0.1, 0.15) is 11.2 Å². The molecule has 0 spiro atoms. The molecular formula is C50H32N2O. The van der Waals surface area contributed by atoms with E-state index >= 15 is 0 Å². The van der Waals surface area contributed by atoms with Gasteiger partial charge in [0, 0.05) is 49.9 Å². The zero-order valence-electron chi connectivity index (χ0n) is 28.8. The predicted molar refractivity (Wildman–Crippen MR) is 223 cm³/mol. The monoisotopic (exact) mass is 676 g/mol. The molecule has 0 radical (unpaired) electrons. The average Bonchev–Trinajstić information content (AvgIpc) is 3.77. The lowest BCUT2D eigenvalue weighted by atomic mass is 9.93. The van der Waals surface area contributed by atoms with E-state index in [1.807, 2.05) is 0 Å². The summed E-state index contributed by atoms with van der Waals surface area (Å²) in [5.41, 5.74) is 10.9. The third kappa shape index (κ3) is 4.61. The van der Waals surface area contributed by atoms with Crippen LogP contribution in [-0.2, 0) is 0 Å². The van der Waals surface area contributed by atoms with E-state index in [1.165, 1.54) is 48.9 Å². The Morgan fingerprint density at radius 3 is 1.89 bits per heavy atom. The molecule has 3 heteroatoms. The van der Waals surface area contributed by atoms with Gasteiger partial charge in [0.2, 0.25) is 0 Å². The Labute approximate surface area is 306 Å². The lowest BCUT2D eigenvalue weighted by Crippen LogP contribution is -2.09. The Balaban J connectivity index is 1.17. The van der Waals surface area contributed by atoms with Crippen molar-refractivity contribution in [3.63, 3.8) is 0 Å². The molecule has 0 saturated heterocycles. The quantitative estimate of drug-likeness (QED) is 0.181. The lowest BCUT2D eigenvalue weighted by molar-refractivity contribution is 0.669. The molecule has 53 heavy (non-hydrogen) atoms. The summed E-state index contributed by atoms with van der Waals surface area (Å²) in [4.78, 5) is 2.34. The molecule has 11 aromatic rings. The standard InChI is InChI=1S/C50H32N2O/c1-3-16-35(17-4-1)51(37-27-26-33-14-7-8-15-34(33)30-37)38-28-29-47-45(31-38)49-41-22-10-9-20-39(41)44(32-48(49)53-47)43-24-13-23-42-40-21-11-12-25-46(40)52(50(42)43)36-18-5-2-6-19-36/h1-32H. The summed E-state index contributed by atoms with van der Waals surface area (Å²) in [6.07, 6.45) is 0. The van der Waals surface area contributed by atoms with E-state index in [-0.39, 0.29) is 0 Å². The minimum Gasteiger partial charge on any atom is -0.456 e. The fraction of sp³-hybridized carbons (Fsp3) is 0. The highest BCUT2D eigenvalue weighted by Gasteiger charge is 2.21. The van der Waals surface area contributed by atoms with Crippen molar-refractivity contribution in [2.45, 2.75) is 0 Å². The van der Waals surface area contributed by atoms with E-state index in [2.05, 4.69) is 204 Å². The van der Waals surface area contributed by atoms with Gasteiger partial charge in [-0.1, -0.05) is 127 Å². The second-order valence-electron chi connectivity index (χ2n) is 13.7. The smallest absolute Gasteiger partial charge is 0.136 e. The molecule has 0 saturated carbocycles. The Morgan fingerprint density at radius 1 is 0.377 bits per heavy atom. The van der Waals surface area contributed by atoms with Crippen LogP contribution in [0.25, 0.3) is 82.1 Å². The van der Waals surface area contributed by atoms with Crippen LogP contribution in [-0.4, -0.2) is 4.57 Å². The summed E-state index contributed by atoms with van der Waals surface area (Å²) in [6.45, 7) is 0.